The molecule has 1 aliphatic carbocycles. The number of ketones is 1. The van der Waals surface area contributed by atoms with Gasteiger partial charge in [0.1, 0.15) is 11.7 Å². The van der Waals surface area contributed by atoms with Crippen LogP contribution in [0, 0.1) is 11.8 Å². The molecular weight excluding hydrogens is 410 g/mol. The number of carbonyl (C=O) groups is 3. The van der Waals surface area contributed by atoms with E-state index >= 15 is 0 Å². The fourth-order valence-corrected chi connectivity index (χ4v) is 4.48. The number of carbonyl (C=O) groups excluding carboxylic acids is 3. The molecular formula is C25H31NO6. The van der Waals surface area contributed by atoms with E-state index < -0.39 is 23.8 Å². The van der Waals surface area contributed by atoms with Gasteiger partial charge in [-0.1, -0.05) is 26.0 Å². The molecule has 0 aromatic heterocycles. The van der Waals surface area contributed by atoms with Crippen LogP contribution in [0.25, 0.3) is 0 Å². The molecule has 0 saturated carbocycles. The Hall–Kier alpha value is -3.09. The largest absolute Gasteiger partial charge is 0.494 e. The highest BCUT2D eigenvalue weighted by atomic mass is 16.5. The highest BCUT2D eigenvalue weighted by molar-refractivity contribution is 6.12. The highest BCUT2D eigenvalue weighted by Crippen LogP contribution is 2.45. The van der Waals surface area contributed by atoms with Crippen LogP contribution in [0.3, 0.4) is 0 Å². The first kappa shape index (κ1) is 23.6. The number of ether oxygens (including phenoxy) is 3. The molecule has 172 valence electrons. The van der Waals surface area contributed by atoms with Gasteiger partial charge in [-0.25, -0.2) is 4.79 Å². The van der Waals surface area contributed by atoms with Crippen LogP contribution in [0.2, 0.25) is 0 Å². The summed E-state index contributed by atoms with van der Waals surface area (Å²) in [4.78, 5) is 39.1. The molecule has 3 atom stereocenters. The number of rotatable bonds is 7. The van der Waals surface area contributed by atoms with Gasteiger partial charge in [0.2, 0.25) is 0 Å². The number of esters is 2. The first-order valence-electron chi connectivity index (χ1n) is 11.1. The summed E-state index contributed by atoms with van der Waals surface area (Å²) in [6, 6.07) is 7.34. The van der Waals surface area contributed by atoms with Crippen molar-refractivity contribution in [1.82, 2.24) is 5.32 Å². The number of methoxy groups -OCH3 is 1. The summed E-state index contributed by atoms with van der Waals surface area (Å²) in [5, 5.41) is 3.26. The number of allylic oxidation sites excluding steroid dienone is 3. The third-order valence-corrected chi connectivity index (χ3v) is 5.92. The fraction of sp³-hybridized carbons (Fsp3) is 0.480. The molecule has 0 amide bonds. The average Bonchev–Trinajstić information content (AvgIpc) is 2.77. The summed E-state index contributed by atoms with van der Waals surface area (Å²) >= 11 is 0. The number of nitrogens with one attached hydrogen (secondary N) is 1. The van der Waals surface area contributed by atoms with Crippen LogP contribution in [-0.4, -0.2) is 38.0 Å². The van der Waals surface area contributed by atoms with Crippen molar-refractivity contribution < 1.29 is 28.6 Å². The number of benzene rings is 1. The Kier molecular flexibility index (Phi) is 7.38. The summed E-state index contributed by atoms with van der Waals surface area (Å²) in [6.45, 7) is 8.32. The van der Waals surface area contributed by atoms with Crippen molar-refractivity contribution in [2.75, 3.05) is 20.3 Å². The lowest BCUT2D eigenvalue weighted by molar-refractivity contribution is -0.151. The van der Waals surface area contributed by atoms with Crippen LogP contribution in [0.4, 0.5) is 0 Å². The summed E-state index contributed by atoms with van der Waals surface area (Å²) in [5.74, 6) is -2.40. The first-order valence-corrected chi connectivity index (χ1v) is 11.1. The van der Waals surface area contributed by atoms with E-state index in [1.54, 1.807) is 0 Å². The molecule has 0 saturated heterocycles. The van der Waals surface area contributed by atoms with Crippen molar-refractivity contribution in [3.8, 4) is 5.75 Å². The molecule has 7 heteroatoms. The van der Waals surface area contributed by atoms with Gasteiger partial charge in [-0.2, -0.15) is 0 Å². The maximum Gasteiger partial charge on any atom is 0.336 e. The SMILES string of the molecule is CCCOC(=O)C1=C(C)NC2=C(C(=O)[C@@H](C(=O)OC)[C@H](C)C2)[C@@H]1c1ccc(OCC)cc1. The number of hydrogen-bond acceptors (Lipinski definition) is 7. The molecule has 0 radical (unpaired) electrons. The second kappa shape index (κ2) is 10.0. The predicted molar refractivity (Wildman–Crippen MR) is 119 cm³/mol. The van der Waals surface area contributed by atoms with Gasteiger partial charge >= 0.3 is 11.9 Å². The van der Waals surface area contributed by atoms with E-state index in [0.29, 0.717) is 42.0 Å². The minimum absolute atomic E-state index is 0.219. The van der Waals surface area contributed by atoms with E-state index in [-0.39, 0.29) is 18.3 Å². The van der Waals surface area contributed by atoms with Crippen LogP contribution >= 0.6 is 0 Å². The molecule has 1 heterocycles. The number of hydrogen-bond donors (Lipinski definition) is 1. The molecule has 3 rings (SSSR count). The monoisotopic (exact) mass is 441 g/mol. The first-order chi connectivity index (χ1) is 15.3. The van der Waals surface area contributed by atoms with E-state index in [0.717, 1.165) is 11.3 Å². The van der Waals surface area contributed by atoms with Crippen molar-refractivity contribution >= 4 is 17.7 Å². The Morgan fingerprint density at radius 2 is 1.84 bits per heavy atom. The van der Waals surface area contributed by atoms with Gasteiger partial charge in [-0.05, 0) is 50.3 Å². The average molecular weight is 442 g/mol. The molecule has 0 fully saturated rings. The molecule has 0 unspecified atom stereocenters. The third-order valence-electron chi connectivity index (χ3n) is 5.92. The maximum atomic E-state index is 13.6. The molecule has 0 bridgehead atoms. The summed E-state index contributed by atoms with van der Waals surface area (Å²) in [6.07, 6.45) is 1.19. The van der Waals surface area contributed by atoms with E-state index in [9.17, 15) is 14.4 Å². The normalized spacial score (nSPS) is 22.8. The van der Waals surface area contributed by atoms with Gasteiger partial charge in [0.25, 0.3) is 0 Å². The lowest BCUT2D eigenvalue weighted by Crippen LogP contribution is -2.43. The van der Waals surface area contributed by atoms with Crippen molar-refractivity contribution in [3.63, 3.8) is 0 Å². The van der Waals surface area contributed by atoms with Crippen molar-refractivity contribution in [3.05, 3.63) is 52.4 Å². The van der Waals surface area contributed by atoms with Gasteiger partial charge in [-0.15, -0.1) is 0 Å². The molecule has 1 aromatic carbocycles. The predicted octanol–water partition coefficient (Wildman–Crippen LogP) is 3.65. The van der Waals surface area contributed by atoms with E-state index in [1.807, 2.05) is 52.0 Å². The van der Waals surface area contributed by atoms with E-state index in [2.05, 4.69) is 5.32 Å². The van der Waals surface area contributed by atoms with Crippen molar-refractivity contribution in [1.29, 1.82) is 0 Å². The van der Waals surface area contributed by atoms with Crippen molar-refractivity contribution in [2.45, 2.75) is 46.5 Å². The summed E-state index contributed by atoms with van der Waals surface area (Å²) in [5.41, 5.74) is 2.97. The quantitative estimate of drug-likeness (QED) is 0.510. The number of dihydropyridines is 1. The van der Waals surface area contributed by atoms with Gasteiger partial charge < -0.3 is 19.5 Å². The summed E-state index contributed by atoms with van der Waals surface area (Å²) in [7, 11) is 1.28. The van der Waals surface area contributed by atoms with Gasteiger partial charge in [0, 0.05) is 22.9 Å². The van der Waals surface area contributed by atoms with Crippen LogP contribution in [0.5, 0.6) is 5.75 Å². The topological polar surface area (TPSA) is 90.9 Å². The zero-order valence-electron chi connectivity index (χ0n) is 19.3. The lowest BCUT2D eigenvalue weighted by Gasteiger charge is -2.38. The van der Waals surface area contributed by atoms with Gasteiger partial charge in [0.15, 0.2) is 5.78 Å². The zero-order valence-corrected chi connectivity index (χ0v) is 19.3. The fourth-order valence-electron chi connectivity index (χ4n) is 4.48. The molecule has 1 aromatic rings. The lowest BCUT2D eigenvalue weighted by atomic mass is 9.69. The minimum atomic E-state index is -0.905. The molecule has 32 heavy (non-hydrogen) atoms. The Bertz CT molecular complexity index is 959. The minimum Gasteiger partial charge on any atom is -0.494 e. The zero-order chi connectivity index (χ0) is 23.4. The van der Waals surface area contributed by atoms with Crippen molar-refractivity contribution in [2.24, 2.45) is 11.8 Å². The Morgan fingerprint density at radius 1 is 1.16 bits per heavy atom. The van der Waals surface area contributed by atoms with E-state index in [4.69, 9.17) is 14.2 Å². The molecule has 0 spiro atoms. The van der Waals surface area contributed by atoms with Gasteiger partial charge in [-0.3, -0.25) is 9.59 Å². The molecule has 7 nitrogen and oxygen atoms in total. The molecule has 2 aliphatic rings. The molecule has 1 N–H and O–H groups in total. The van der Waals surface area contributed by atoms with Crippen LogP contribution in [0.1, 0.15) is 52.0 Å². The van der Waals surface area contributed by atoms with E-state index in [1.165, 1.54) is 7.11 Å². The Balaban J connectivity index is 2.13. The maximum absolute atomic E-state index is 13.6. The van der Waals surface area contributed by atoms with Crippen LogP contribution < -0.4 is 10.1 Å². The Morgan fingerprint density at radius 3 is 2.44 bits per heavy atom. The second-order valence-electron chi connectivity index (χ2n) is 8.17. The van der Waals surface area contributed by atoms with Crippen LogP contribution in [0.15, 0.2) is 46.8 Å². The number of Topliss-reactive ketones (excluding diaryl/α,β-unsaturated/α-hetero) is 1. The Labute approximate surface area is 188 Å². The second-order valence-corrected chi connectivity index (χ2v) is 8.17. The summed E-state index contributed by atoms with van der Waals surface area (Å²) < 4.78 is 15.9. The molecule has 1 aliphatic heterocycles. The third kappa shape index (κ3) is 4.42. The highest BCUT2D eigenvalue weighted by Gasteiger charge is 2.47. The smallest absolute Gasteiger partial charge is 0.336 e. The van der Waals surface area contributed by atoms with Crippen LogP contribution in [-0.2, 0) is 23.9 Å². The standard InChI is InChI=1S/C25H31NO6/c1-6-12-32-25(29)20-15(4)26-18-13-14(3)19(24(28)30-5)23(27)22(18)21(20)16-8-10-17(11-9-16)31-7-2/h8-11,14,19,21,26H,6-7,12-13H2,1-5H3/t14-,19+,21-/m1/s1. The van der Waals surface area contributed by atoms with Gasteiger partial charge in [0.05, 0.1) is 25.9 Å².